The molecule has 0 aliphatic carbocycles. The van der Waals surface area contributed by atoms with Gasteiger partial charge < -0.3 is 29.4 Å². The summed E-state index contributed by atoms with van der Waals surface area (Å²) in [4.78, 5) is 7.30. The average Bonchev–Trinajstić information content (AvgIpc) is 3.50. The first-order valence-corrected chi connectivity index (χ1v) is 10.1. The predicted molar refractivity (Wildman–Crippen MR) is 119 cm³/mol. The fourth-order valence-corrected chi connectivity index (χ4v) is 4.09. The second-order valence-electron chi connectivity index (χ2n) is 7.50. The molecule has 0 unspecified atom stereocenters. The maximum atomic E-state index is 11.0. The molecule has 7 nitrogen and oxygen atoms in total. The number of fused-ring (bicyclic) bond motifs is 1. The Kier molecular flexibility index (Phi) is 4.63. The number of hydrogen-bond acceptors (Lipinski definition) is 4. The lowest BCUT2D eigenvalue weighted by atomic mass is 10.00. The summed E-state index contributed by atoms with van der Waals surface area (Å²) >= 11 is 0. The van der Waals surface area contributed by atoms with E-state index in [1.165, 1.54) is 0 Å². The molecule has 5 aromatic rings. The van der Waals surface area contributed by atoms with Crippen molar-refractivity contribution in [1.82, 2.24) is 19.1 Å². The fraction of sp³-hybridized carbons (Fsp3) is 0.125. The molecule has 2 aromatic carbocycles. The van der Waals surface area contributed by atoms with Gasteiger partial charge in [0, 0.05) is 48.1 Å². The van der Waals surface area contributed by atoms with Gasteiger partial charge >= 0.3 is 0 Å². The number of imidazole rings is 1. The average molecular weight is 414 g/mol. The van der Waals surface area contributed by atoms with Gasteiger partial charge in [0.05, 0.1) is 17.6 Å². The van der Waals surface area contributed by atoms with Gasteiger partial charge in [0.15, 0.2) is 5.75 Å². The van der Waals surface area contributed by atoms with E-state index in [0.29, 0.717) is 17.8 Å². The van der Waals surface area contributed by atoms with Gasteiger partial charge in [-0.1, -0.05) is 18.2 Å². The number of hydrogen-bond donors (Lipinski definition) is 4. The van der Waals surface area contributed by atoms with Crippen molar-refractivity contribution in [2.45, 2.75) is 19.5 Å². The number of aromatic nitrogens is 4. The quantitative estimate of drug-likeness (QED) is 0.323. The summed E-state index contributed by atoms with van der Waals surface area (Å²) in [5.41, 5.74) is 3.80. The van der Waals surface area contributed by atoms with Crippen molar-refractivity contribution in [2.75, 3.05) is 0 Å². The van der Waals surface area contributed by atoms with Crippen LogP contribution in [0.15, 0.2) is 73.4 Å². The molecule has 0 atom stereocenters. The van der Waals surface area contributed by atoms with Crippen LogP contribution in [0, 0.1) is 0 Å². The molecule has 0 spiro atoms. The zero-order valence-electron chi connectivity index (χ0n) is 16.7. The number of aryl methyl sites for hydroxylation is 1. The number of aromatic hydroxyl groups is 3. The lowest BCUT2D eigenvalue weighted by molar-refractivity contribution is 0.369. The summed E-state index contributed by atoms with van der Waals surface area (Å²) in [6.07, 6.45) is 7.96. The van der Waals surface area contributed by atoms with Crippen molar-refractivity contribution in [3.05, 3.63) is 73.4 Å². The molecule has 0 saturated heterocycles. The number of nitrogens with one attached hydrogen (secondary N) is 1. The van der Waals surface area contributed by atoms with Crippen LogP contribution in [0.5, 0.6) is 17.4 Å². The highest BCUT2D eigenvalue weighted by Gasteiger charge is 2.26. The Morgan fingerprint density at radius 3 is 2.52 bits per heavy atom. The smallest absolute Gasteiger partial charge is 0.235 e. The Hall–Kier alpha value is -4.13. The second-order valence-corrected chi connectivity index (χ2v) is 7.50. The van der Waals surface area contributed by atoms with Crippen LogP contribution in [-0.4, -0.2) is 34.4 Å². The number of phenols is 1. The Labute approximate surface area is 178 Å². The maximum absolute atomic E-state index is 11.0. The maximum Gasteiger partial charge on any atom is 0.235 e. The number of H-pyrrole nitrogens is 1. The van der Waals surface area contributed by atoms with Gasteiger partial charge in [-0.25, -0.2) is 4.98 Å². The Bertz CT molecular complexity index is 1330. The van der Waals surface area contributed by atoms with E-state index in [4.69, 9.17) is 0 Å². The SMILES string of the molecule is Oc1ccc(-c2c(-c3c[nH]c4ccccc34)c(O)c(O)n2CCCn2ccnc2)cc1. The van der Waals surface area contributed by atoms with Gasteiger partial charge in [-0.05, 0) is 42.3 Å². The van der Waals surface area contributed by atoms with E-state index in [0.717, 1.165) is 35.0 Å². The summed E-state index contributed by atoms with van der Waals surface area (Å²) in [6, 6.07) is 14.6. The summed E-state index contributed by atoms with van der Waals surface area (Å²) in [7, 11) is 0. The van der Waals surface area contributed by atoms with E-state index < -0.39 is 0 Å². The molecular formula is C24H22N4O3. The lowest BCUT2D eigenvalue weighted by Gasteiger charge is -2.12. The molecule has 0 saturated carbocycles. The summed E-state index contributed by atoms with van der Waals surface area (Å²) in [5, 5.41) is 32.6. The highest BCUT2D eigenvalue weighted by molar-refractivity contribution is 6.02. The van der Waals surface area contributed by atoms with Gasteiger partial charge in [0.25, 0.3) is 0 Å². The van der Waals surface area contributed by atoms with Crippen LogP contribution in [-0.2, 0) is 13.1 Å². The molecule has 4 N–H and O–H groups in total. The van der Waals surface area contributed by atoms with Crippen molar-refractivity contribution >= 4 is 10.9 Å². The molecule has 3 aromatic heterocycles. The predicted octanol–water partition coefficient (Wildman–Crippen LogP) is 4.71. The van der Waals surface area contributed by atoms with Gasteiger partial charge in [-0.2, -0.15) is 0 Å². The van der Waals surface area contributed by atoms with Crippen LogP contribution < -0.4 is 0 Å². The highest BCUT2D eigenvalue weighted by atomic mass is 16.3. The lowest BCUT2D eigenvalue weighted by Crippen LogP contribution is -2.04. The van der Waals surface area contributed by atoms with Crippen LogP contribution in [0.2, 0.25) is 0 Å². The van der Waals surface area contributed by atoms with Crippen LogP contribution >= 0.6 is 0 Å². The summed E-state index contributed by atoms with van der Waals surface area (Å²) in [6.45, 7) is 1.23. The van der Waals surface area contributed by atoms with E-state index in [1.54, 1.807) is 41.4 Å². The topological polar surface area (TPSA) is 99.2 Å². The third-order valence-corrected chi connectivity index (χ3v) is 5.57. The van der Waals surface area contributed by atoms with E-state index >= 15 is 0 Å². The number of para-hydroxylation sites is 1. The van der Waals surface area contributed by atoms with Gasteiger partial charge in [-0.3, -0.25) is 0 Å². The zero-order valence-corrected chi connectivity index (χ0v) is 16.7. The van der Waals surface area contributed by atoms with E-state index in [9.17, 15) is 15.3 Å². The molecular weight excluding hydrogens is 392 g/mol. The third kappa shape index (κ3) is 3.30. The minimum Gasteiger partial charge on any atom is -0.508 e. The van der Waals surface area contributed by atoms with Crippen LogP contribution in [0.4, 0.5) is 0 Å². The standard InChI is InChI=1S/C24H22N4O3/c29-17-8-6-16(7-9-17)22-21(19-14-26-20-5-2-1-4-18(19)20)23(30)24(31)28(22)12-3-11-27-13-10-25-15-27/h1-2,4-10,13-15,26,29-31H,3,11-12H2. The van der Waals surface area contributed by atoms with Crippen LogP contribution in [0.25, 0.3) is 33.3 Å². The number of aromatic amines is 1. The van der Waals surface area contributed by atoms with Gasteiger partial charge in [-0.15, -0.1) is 0 Å². The molecule has 3 heterocycles. The molecule has 156 valence electrons. The summed E-state index contributed by atoms with van der Waals surface area (Å²) < 4.78 is 3.71. The van der Waals surface area contributed by atoms with E-state index in [2.05, 4.69) is 9.97 Å². The molecule has 7 heteroatoms. The van der Waals surface area contributed by atoms with Crippen molar-refractivity contribution in [3.63, 3.8) is 0 Å². The van der Waals surface area contributed by atoms with E-state index in [1.807, 2.05) is 41.2 Å². The molecule has 0 bridgehead atoms. The fourth-order valence-electron chi connectivity index (χ4n) is 4.09. The number of nitrogens with zero attached hydrogens (tertiary/aromatic N) is 3. The molecule has 0 radical (unpaired) electrons. The Morgan fingerprint density at radius 1 is 0.935 bits per heavy atom. The Morgan fingerprint density at radius 2 is 1.74 bits per heavy atom. The monoisotopic (exact) mass is 414 g/mol. The molecule has 0 amide bonds. The largest absolute Gasteiger partial charge is 0.508 e. The molecule has 31 heavy (non-hydrogen) atoms. The molecule has 0 aliphatic rings. The molecule has 0 fully saturated rings. The second kappa shape index (κ2) is 7.60. The highest BCUT2D eigenvalue weighted by Crippen LogP contribution is 2.49. The van der Waals surface area contributed by atoms with Gasteiger partial charge in [0.2, 0.25) is 5.88 Å². The van der Waals surface area contributed by atoms with Crippen molar-refractivity contribution < 1.29 is 15.3 Å². The number of benzene rings is 2. The van der Waals surface area contributed by atoms with E-state index in [-0.39, 0.29) is 17.4 Å². The first kappa shape index (κ1) is 18.9. The number of phenolic OH excluding ortho intramolecular Hbond substituents is 1. The van der Waals surface area contributed by atoms with Crippen molar-refractivity contribution in [1.29, 1.82) is 0 Å². The van der Waals surface area contributed by atoms with Crippen LogP contribution in [0.3, 0.4) is 0 Å². The van der Waals surface area contributed by atoms with Gasteiger partial charge in [0.1, 0.15) is 5.75 Å². The zero-order chi connectivity index (χ0) is 21.4. The Balaban J connectivity index is 1.65. The normalized spacial score (nSPS) is 11.4. The van der Waals surface area contributed by atoms with Crippen LogP contribution in [0.1, 0.15) is 6.42 Å². The molecule has 0 aliphatic heterocycles. The molecule has 5 rings (SSSR count). The van der Waals surface area contributed by atoms with Crippen molar-refractivity contribution in [3.8, 4) is 39.8 Å². The summed E-state index contributed by atoms with van der Waals surface area (Å²) in [5.74, 6) is -0.173. The first-order chi connectivity index (χ1) is 15.1. The first-order valence-electron chi connectivity index (χ1n) is 10.1. The van der Waals surface area contributed by atoms with Crippen molar-refractivity contribution in [2.24, 2.45) is 0 Å². The minimum absolute atomic E-state index is 0.157. The minimum atomic E-state index is -0.172. The number of rotatable bonds is 6. The third-order valence-electron chi connectivity index (χ3n) is 5.57.